The van der Waals surface area contributed by atoms with E-state index in [0.29, 0.717) is 0 Å². The number of hydrogen-bond donors (Lipinski definition) is 0. The van der Waals surface area contributed by atoms with E-state index in [4.69, 9.17) is 0 Å². The highest BCUT2D eigenvalue weighted by molar-refractivity contribution is 6.10. The molecule has 0 aliphatic rings. The van der Waals surface area contributed by atoms with Crippen molar-refractivity contribution in [3.8, 4) is 61.3 Å². The van der Waals surface area contributed by atoms with E-state index in [2.05, 4.69) is 276 Å². The van der Waals surface area contributed by atoms with Crippen LogP contribution in [0.1, 0.15) is 0 Å². The molecule has 0 radical (unpaired) electrons. The Morgan fingerprint density at radius 1 is 0.258 bits per heavy atom. The molecule has 0 saturated carbocycles. The molecule has 0 saturated heterocycles. The molecule has 2 nitrogen and oxygen atoms in total. The van der Waals surface area contributed by atoms with Crippen molar-refractivity contribution < 1.29 is 0 Å². The molecule has 0 bridgehead atoms. The molecule has 310 valence electrons. The normalized spacial score (nSPS) is 11.3. The first-order valence-electron chi connectivity index (χ1n) is 22.7. The highest BCUT2D eigenvalue weighted by atomic mass is 15.1. The molecular weight excluding hydrogens is 797 g/mol. The van der Waals surface area contributed by atoms with Gasteiger partial charge in [-0.05, 0) is 110 Å². The molecule has 1 aromatic heterocycles. The third-order valence-corrected chi connectivity index (χ3v) is 13.0. The monoisotopic (exact) mass is 840 g/mol. The Labute approximate surface area is 385 Å². The number of aromatic nitrogens is 1. The predicted molar refractivity (Wildman–Crippen MR) is 280 cm³/mol. The van der Waals surface area contributed by atoms with Gasteiger partial charge in [0.2, 0.25) is 0 Å². The Hall–Kier alpha value is -8.72. The van der Waals surface area contributed by atoms with Crippen LogP contribution in [0.25, 0.3) is 93.9 Å². The van der Waals surface area contributed by atoms with Gasteiger partial charge in [0.15, 0.2) is 0 Å². The molecule has 0 atom stereocenters. The number of nitrogens with zero attached hydrogens (tertiary/aromatic N) is 2. The van der Waals surface area contributed by atoms with Gasteiger partial charge in [-0.2, -0.15) is 0 Å². The fraction of sp³-hybridized carbons (Fsp3) is 0. The van der Waals surface area contributed by atoms with Gasteiger partial charge in [0.1, 0.15) is 0 Å². The van der Waals surface area contributed by atoms with Crippen LogP contribution in [0.15, 0.2) is 267 Å². The molecule has 0 aliphatic carbocycles. The van der Waals surface area contributed by atoms with Crippen LogP contribution in [0.4, 0.5) is 17.1 Å². The highest BCUT2D eigenvalue weighted by Crippen LogP contribution is 2.46. The van der Waals surface area contributed by atoms with E-state index >= 15 is 0 Å². The third-order valence-electron chi connectivity index (χ3n) is 13.0. The van der Waals surface area contributed by atoms with Gasteiger partial charge >= 0.3 is 0 Å². The van der Waals surface area contributed by atoms with Crippen molar-refractivity contribution >= 4 is 49.6 Å². The Morgan fingerprint density at radius 2 is 0.742 bits per heavy atom. The Morgan fingerprint density at radius 3 is 1.42 bits per heavy atom. The van der Waals surface area contributed by atoms with Gasteiger partial charge in [0, 0.05) is 33.3 Å². The molecule has 1 heterocycles. The van der Waals surface area contributed by atoms with Crippen molar-refractivity contribution in [2.24, 2.45) is 0 Å². The lowest BCUT2D eigenvalue weighted by molar-refractivity contribution is 1.18. The van der Waals surface area contributed by atoms with Gasteiger partial charge in [0.05, 0.1) is 22.4 Å². The van der Waals surface area contributed by atoms with Crippen molar-refractivity contribution in [2.45, 2.75) is 0 Å². The minimum absolute atomic E-state index is 1.07. The van der Waals surface area contributed by atoms with Crippen LogP contribution in [0.3, 0.4) is 0 Å². The van der Waals surface area contributed by atoms with Crippen LogP contribution in [-0.4, -0.2) is 4.57 Å². The van der Waals surface area contributed by atoms with Gasteiger partial charge in [-0.15, -0.1) is 0 Å². The summed E-state index contributed by atoms with van der Waals surface area (Å²) in [5.74, 6) is 0. The molecule has 2 heteroatoms. The predicted octanol–water partition coefficient (Wildman–Crippen LogP) is 17.7. The van der Waals surface area contributed by atoms with Crippen molar-refractivity contribution in [1.29, 1.82) is 0 Å². The summed E-state index contributed by atoms with van der Waals surface area (Å²) in [6.07, 6.45) is 0. The van der Waals surface area contributed by atoms with Crippen LogP contribution in [-0.2, 0) is 0 Å². The minimum Gasteiger partial charge on any atom is -0.310 e. The van der Waals surface area contributed by atoms with Gasteiger partial charge in [-0.25, -0.2) is 0 Å². The summed E-state index contributed by atoms with van der Waals surface area (Å²) >= 11 is 0. The fourth-order valence-corrected chi connectivity index (χ4v) is 9.83. The summed E-state index contributed by atoms with van der Waals surface area (Å²) in [4.78, 5) is 2.42. The Bertz CT molecular complexity index is 3630. The second-order valence-electron chi connectivity index (χ2n) is 16.9. The van der Waals surface area contributed by atoms with Gasteiger partial charge in [-0.3, -0.25) is 0 Å². The summed E-state index contributed by atoms with van der Waals surface area (Å²) in [7, 11) is 0. The number of anilines is 3. The highest BCUT2D eigenvalue weighted by Gasteiger charge is 2.22. The summed E-state index contributed by atoms with van der Waals surface area (Å²) in [5.41, 5.74) is 18.5. The molecule has 66 heavy (non-hydrogen) atoms. The standard InChI is InChI=1S/C64H44N2/c1-3-18-49(19-4-1)55-23-9-13-27-61(55)65(53-39-37-47(38-40-53)46-31-33-48(34-32-46)52-36-35-45-17-7-8-22-51(45)43-52)54-41-42-56(60(44-54)50-20-5-2-6-21-50)57-24-10-14-28-62(57)66-63-29-15-11-25-58(63)59-26-12-16-30-64(59)66/h1-44H. The lowest BCUT2D eigenvalue weighted by Crippen LogP contribution is -2.11. The molecule has 12 rings (SSSR count). The van der Waals surface area contributed by atoms with Crippen molar-refractivity contribution in [2.75, 3.05) is 4.90 Å². The van der Waals surface area contributed by atoms with E-state index in [1.807, 2.05) is 0 Å². The zero-order valence-electron chi connectivity index (χ0n) is 36.3. The molecule has 0 aliphatic heterocycles. The molecule has 12 aromatic rings. The maximum atomic E-state index is 2.43. The number of hydrogen-bond acceptors (Lipinski definition) is 1. The number of rotatable bonds is 9. The van der Waals surface area contributed by atoms with Crippen molar-refractivity contribution in [3.05, 3.63) is 267 Å². The minimum atomic E-state index is 1.07. The second-order valence-corrected chi connectivity index (χ2v) is 16.9. The lowest BCUT2D eigenvalue weighted by Gasteiger charge is -2.29. The number of benzene rings is 11. The quantitative estimate of drug-likeness (QED) is 0.141. The zero-order valence-corrected chi connectivity index (χ0v) is 36.3. The largest absolute Gasteiger partial charge is 0.310 e. The number of para-hydroxylation sites is 4. The van der Waals surface area contributed by atoms with Crippen LogP contribution in [0, 0.1) is 0 Å². The molecular formula is C64H44N2. The third kappa shape index (κ3) is 7.02. The first-order chi connectivity index (χ1) is 32.7. The molecule has 0 unspecified atom stereocenters. The molecule has 0 amide bonds. The zero-order chi connectivity index (χ0) is 43.8. The first-order valence-corrected chi connectivity index (χ1v) is 22.7. The van der Waals surface area contributed by atoms with Crippen LogP contribution < -0.4 is 4.90 Å². The second kappa shape index (κ2) is 16.8. The average Bonchev–Trinajstić information content (AvgIpc) is 3.74. The topological polar surface area (TPSA) is 8.17 Å². The van der Waals surface area contributed by atoms with Crippen molar-refractivity contribution in [1.82, 2.24) is 4.57 Å². The van der Waals surface area contributed by atoms with Gasteiger partial charge in [0.25, 0.3) is 0 Å². The Kier molecular flexibility index (Phi) is 9.89. The number of fused-ring (bicyclic) bond motifs is 4. The van der Waals surface area contributed by atoms with E-state index in [1.54, 1.807) is 0 Å². The van der Waals surface area contributed by atoms with E-state index < -0.39 is 0 Å². The van der Waals surface area contributed by atoms with Crippen LogP contribution >= 0.6 is 0 Å². The van der Waals surface area contributed by atoms with Crippen LogP contribution in [0.5, 0.6) is 0 Å². The molecule has 11 aromatic carbocycles. The molecule has 0 spiro atoms. The SMILES string of the molecule is c1ccc(-c2cc(N(c3ccc(-c4ccc(-c5ccc6ccccc6c5)cc4)cc3)c3ccccc3-c3ccccc3)ccc2-c2ccccc2-n2c3ccccc3c3ccccc32)cc1. The van der Waals surface area contributed by atoms with Gasteiger partial charge < -0.3 is 9.47 Å². The van der Waals surface area contributed by atoms with Crippen LogP contribution in [0.2, 0.25) is 0 Å². The first kappa shape index (κ1) is 38.9. The van der Waals surface area contributed by atoms with Gasteiger partial charge in [-0.1, -0.05) is 212 Å². The maximum absolute atomic E-state index is 2.43. The van der Waals surface area contributed by atoms with Crippen molar-refractivity contribution in [3.63, 3.8) is 0 Å². The maximum Gasteiger partial charge on any atom is 0.0541 e. The lowest BCUT2D eigenvalue weighted by atomic mass is 9.92. The van der Waals surface area contributed by atoms with E-state index in [-0.39, 0.29) is 0 Å². The summed E-state index contributed by atoms with van der Waals surface area (Å²) in [5, 5.41) is 5.01. The summed E-state index contributed by atoms with van der Waals surface area (Å²) in [6, 6.07) is 96.9. The van der Waals surface area contributed by atoms with E-state index in [1.165, 1.54) is 71.5 Å². The molecule has 0 N–H and O–H groups in total. The summed E-state index contributed by atoms with van der Waals surface area (Å²) in [6.45, 7) is 0. The average molecular weight is 841 g/mol. The Balaban J connectivity index is 0.997. The summed E-state index contributed by atoms with van der Waals surface area (Å²) < 4.78 is 2.43. The fourth-order valence-electron chi connectivity index (χ4n) is 9.83. The smallest absolute Gasteiger partial charge is 0.0541 e. The van der Waals surface area contributed by atoms with E-state index in [9.17, 15) is 0 Å². The van der Waals surface area contributed by atoms with E-state index in [0.717, 1.165) is 39.4 Å². The molecule has 0 fully saturated rings.